The fraction of sp³-hybridized carbons (Fsp3) is 0.267. The van der Waals surface area contributed by atoms with Gasteiger partial charge in [0.1, 0.15) is 0 Å². The van der Waals surface area contributed by atoms with Crippen molar-refractivity contribution in [2.45, 2.75) is 13.5 Å². The Morgan fingerprint density at radius 2 is 2.05 bits per heavy atom. The van der Waals surface area contributed by atoms with Gasteiger partial charge in [-0.05, 0) is 30.1 Å². The normalized spacial score (nSPS) is 10.9. The molecule has 1 aromatic carbocycles. The van der Waals surface area contributed by atoms with Crippen molar-refractivity contribution in [1.29, 1.82) is 0 Å². The van der Waals surface area contributed by atoms with Gasteiger partial charge < -0.3 is 0 Å². The Hall–Kier alpha value is -1.16. The average molecular weight is 294 g/mol. The molecule has 2 aromatic rings. The number of carbonyl (C=O) groups excluding carboxylic acids is 1. The number of carbonyl (C=O) groups is 1. The number of halogens is 1. The highest BCUT2D eigenvalue weighted by molar-refractivity contribution is 7.09. The minimum absolute atomic E-state index is 0.0732. The van der Waals surface area contributed by atoms with E-state index >= 15 is 0 Å². The van der Waals surface area contributed by atoms with Gasteiger partial charge in [0.15, 0.2) is 5.78 Å². The lowest BCUT2D eigenvalue weighted by Crippen LogP contribution is -2.29. The summed E-state index contributed by atoms with van der Waals surface area (Å²) in [5.41, 5.74) is 0.605. The highest BCUT2D eigenvalue weighted by atomic mass is 35.5. The molecule has 0 saturated carbocycles. The smallest absolute Gasteiger partial charge is 0.178 e. The zero-order chi connectivity index (χ0) is 13.7. The zero-order valence-electron chi connectivity index (χ0n) is 10.8. The molecule has 100 valence electrons. The monoisotopic (exact) mass is 293 g/mol. The first-order valence-electron chi connectivity index (χ1n) is 6.23. The maximum absolute atomic E-state index is 12.2. The molecule has 0 saturated heterocycles. The summed E-state index contributed by atoms with van der Waals surface area (Å²) in [5.74, 6) is 0.0732. The Morgan fingerprint density at radius 1 is 1.26 bits per heavy atom. The number of thiophene rings is 1. The molecule has 0 atom stereocenters. The van der Waals surface area contributed by atoms with E-state index in [0.29, 0.717) is 17.1 Å². The maximum atomic E-state index is 12.2. The van der Waals surface area contributed by atoms with Crippen LogP contribution in [-0.2, 0) is 6.54 Å². The standard InChI is InChI=1S/C15H16ClNOS/c1-2-17(10-12-6-5-9-19-12)11-15(18)13-7-3-4-8-14(13)16/h3-9H,2,10-11H2,1H3. The predicted octanol–water partition coefficient (Wildman–Crippen LogP) is 4.11. The molecule has 0 N–H and O–H groups in total. The molecule has 0 amide bonds. The molecule has 0 aliphatic carbocycles. The van der Waals surface area contributed by atoms with Gasteiger partial charge in [0.05, 0.1) is 11.6 Å². The van der Waals surface area contributed by atoms with Gasteiger partial charge in [-0.3, -0.25) is 9.69 Å². The second-order valence-electron chi connectivity index (χ2n) is 4.29. The average Bonchev–Trinajstić information content (AvgIpc) is 2.91. The van der Waals surface area contributed by atoms with Crippen molar-refractivity contribution >= 4 is 28.7 Å². The third-order valence-electron chi connectivity index (χ3n) is 2.95. The molecule has 2 rings (SSSR count). The summed E-state index contributed by atoms with van der Waals surface area (Å²) in [4.78, 5) is 15.6. The lowest BCUT2D eigenvalue weighted by Gasteiger charge is -2.18. The van der Waals surface area contributed by atoms with Crippen LogP contribution < -0.4 is 0 Å². The third kappa shape index (κ3) is 3.90. The summed E-state index contributed by atoms with van der Waals surface area (Å²) in [6.07, 6.45) is 0. The fourth-order valence-electron chi connectivity index (χ4n) is 1.88. The van der Waals surface area contributed by atoms with Crippen LogP contribution >= 0.6 is 22.9 Å². The molecule has 0 aliphatic heterocycles. The molecule has 4 heteroatoms. The first kappa shape index (κ1) is 14.3. The topological polar surface area (TPSA) is 20.3 Å². The molecule has 19 heavy (non-hydrogen) atoms. The molecule has 0 spiro atoms. The molecule has 0 aliphatic rings. The number of nitrogens with zero attached hydrogens (tertiary/aromatic N) is 1. The van der Waals surface area contributed by atoms with Gasteiger partial charge in [-0.25, -0.2) is 0 Å². The van der Waals surface area contributed by atoms with Gasteiger partial charge in [0, 0.05) is 17.0 Å². The molecule has 1 aromatic heterocycles. The number of likely N-dealkylation sites (N-methyl/N-ethyl adjacent to an activating group) is 1. The van der Waals surface area contributed by atoms with Crippen LogP contribution in [0.25, 0.3) is 0 Å². The zero-order valence-corrected chi connectivity index (χ0v) is 12.4. The van der Waals surface area contributed by atoms with Gasteiger partial charge in [0.2, 0.25) is 0 Å². The first-order chi connectivity index (χ1) is 9.20. The van der Waals surface area contributed by atoms with E-state index in [0.717, 1.165) is 13.1 Å². The highest BCUT2D eigenvalue weighted by Gasteiger charge is 2.14. The predicted molar refractivity (Wildman–Crippen MR) is 81.1 cm³/mol. The number of Topliss-reactive ketones (excluding diaryl/α,β-unsaturated/α-hetero) is 1. The number of ketones is 1. The van der Waals surface area contributed by atoms with Crippen molar-refractivity contribution in [2.24, 2.45) is 0 Å². The molecular weight excluding hydrogens is 278 g/mol. The maximum Gasteiger partial charge on any atom is 0.178 e. The van der Waals surface area contributed by atoms with Crippen molar-refractivity contribution < 1.29 is 4.79 Å². The van der Waals surface area contributed by atoms with Crippen LogP contribution in [0.5, 0.6) is 0 Å². The lowest BCUT2D eigenvalue weighted by atomic mass is 10.1. The Balaban J connectivity index is 2.02. The molecular formula is C15H16ClNOS. The van der Waals surface area contributed by atoms with Crippen molar-refractivity contribution in [3.05, 3.63) is 57.2 Å². The van der Waals surface area contributed by atoms with E-state index in [1.165, 1.54) is 4.88 Å². The van der Waals surface area contributed by atoms with Crippen LogP contribution in [-0.4, -0.2) is 23.8 Å². The van der Waals surface area contributed by atoms with E-state index < -0.39 is 0 Å². The summed E-state index contributed by atoms with van der Waals surface area (Å²) >= 11 is 7.76. The number of hydrogen-bond donors (Lipinski definition) is 0. The largest absolute Gasteiger partial charge is 0.293 e. The minimum atomic E-state index is 0.0732. The lowest BCUT2D eigenvalue weighted by molar-refractivity contribution is 0.0930. The second kappa shape index (κ2) is 6.85. The number of benzene rings is 1. The number of hydrogen-bond acceptors (Lipinski definition) is 3. The van der Waals surface area contributed by atoms with Crippen molar-refractivity contribution in [3.8, 4) is 0 Å². The van der Waals surface area contributed by atoms with Gasteiger partial charge in [-0.15, -0.1) is 11.3 Å². The van der Waals surface area contributed by atoms with E-state index in [2.05, 4.69) is 23.3 Å². The van der Waals surface area contributed by atoms with E-state index in [4.69, 9.17) is 11.6 Å². The Labute approximate surface area is 122 Å². The minimum Gasteiger partial charge on any atom is -0.293 e. The molecule has 2 nitrogen and oxygen atoms in total. The SMILES string of the molecule is CCN(CC(=O)c1ccccc1Cl)Cc1cccs1. The fourth-order valence-corrected chi connectivity index (χ4v) is 2.87. The summed E-state index contributed by atoms with van der Waals surface area (Å²) in [6.45, 7) is 4.12. The summed E-state index contributed by atoms with van der Waals surface area (Å²) < 4.78 is 0. The van der Waals surface area contributed by atoms with E-state index in [1.54, 1.807) is 23.5 Å². The van der Waals surface area contributed by atoms with Crippen LogP contribution in [0.15, 0.2) is 41.8 Å². The highest BCUT2D eigenvalue weighted by Crippen LogP contribution is 2.17. The van der Waals surface area contributed by atoms with Gasteiger partial charge >= 0.3 is 0 Å². The molecule has 0 unspecified atom stereocenters. The van der Waals surface area contributed by atoms with Crippen LogP contribution in [0.1, 0.15) is 22.2 Å². The summed E-state index contributed by atoms with van der Waals surface area (Å²) in [7, 11) is 0. The molecule has 1 heterocycles. The van der Waals surface area contributed by atoms with Gasteiger partial charge in [-0.2, -0.15) is 0 Å². The quantitative estimate of drug-likeness (QED) is 0.747. The van der Waals surface area contributed by atoms with Crippen molar-refractivity contribution in [2.75, 3.05) is 13.1 Å². The number of rotatable bonds is 6. The van der Waals surface area contributed by atoms with Crippen LogP contribution in [0.4, 0.5) is 0 Å². The molecule has 0 bridgehead atoms. The van der Waals surface area contributed by atoms with E-state index in [9.17, 15) is 4.79 Å². The summed E-state index contributed by atoms with van der Waals surface area (Å²) in [6, 6.07) is 11.3. The Kier molecular flexibility index (Phi) is 5.14. The van der Waals surface area contributed by atoms with Crippen LogP contribution in [0.2, 0.25) is 5.02 Å². The van der Waals surface area contributed by atoms with Crippen molar-refractivity contribution in [1.82, 2.24) is 4.90 Å². The Bertz CT molecular complexity index is 539. The van der Waals surface area contributed by atoms with Crippen LogP contribution in [0.3, 0.4) is 0 Å². The van der Waals surface area contributed by atoms with Gasteiger partial charge in [0.25, 0.3) is 0 Å². The Morgan fingerprint density at radius 3 is 2.68 bits per heavy atom. The second-order valence-corrected chi connectivity index (χ2v) is 5.73. The summed E-state index contributed by atoms with van der Waals surface area (Å²) in [5, 5.41) is 2.58. The van der Waals surface area contributed by atoms with E-state index in [-0.39, 0.29) is 5.78 Å². The first-order valence-corrected chi connectivity index (χ1v) is 7.49. The van der Waals surface area contributed by atoms with Crippen molar-refractivity contribution in [3.63, 3.8) is 0 Å². The molecule has 0 radical (unpaired) electrons. The third-order valence-corrected chi connectivity index (χ3v) is 4.14. The molecule has 0 fully saturated rings. The van der Waals surface area contributed by atoms with Gasteiger partial charge in [-0.1, -0.05) is 36.7 Å². The van der Waals surface area contributed by atoms with Crippen LogP contribution in [0, 0.1) is 0 Å². The van der Waals surface area contributed by atoms with E-state index in [1.807, 2.05) is 18.2 Å².